The Balaban J connectivity index is 1.82. The molecule has 3 heterocycles. The normalized spacial score (nSPS) is 11.1. The van der Waals surface area contributed by atoms with Crippen LogP contribution in [0.15, 0.2) is 30.5 Å². The minimum atomic E-state index is -0.178. The van der Waals surface area contributed by atoms with Gasteiger partial charge in [-0.3, -0.25) is 10.1 Å². The van der Waals surface area contributed by atoms with E-state index in [1.54, 1.807) is 6.20 Å². The van der Waals surface area contributed by atoms with E-state index in [1.165, 1.54) is 11.3 Å². The molecule has 130 valence electrons. The van der Waals surface area contributed by atoms with Crippen molar-refractivity contribution in [1.29, 1.82) is 0 Å². The highest BCUT2D eigenvalue weighted by Gasteiger charge is 2.18. The number of nitrogens with one attached hydrogen (secondary N) is 1. The maximum Gasteiger partial charge on any atom is 0.259 e. The molecule has 1 N–H and O–H groups in total. The van der Waals surface area contributed by atoms with Crippen molar-refractivity contribution in [2.24, 2.45) is 5.92 Å². The molecule has 7 heteroatoms. The predicted molar refractivity (Wildman–Crippen MR) is 99.4 cm³/mol. The molecule has 0 radical (unpaired) electrons. The number of rotatable bonds is 5. The standard InChI is InChI=1S/C18H21N5OS/c1-11(2)9-16-21-22-18(25-16)20-17(24)14-10-12(3)23(13(14)4)15-7-5-6-8-19-15/h5-8,10-11H,9H2,1-4H3,(H,20,22,24). The van der Waals surface area contributed by atoms with Gasteiger partial charge in [-0.25, -0.2) is 4.98 Å². The zero-order valence-corrected chi connectivity index (χ0v) is 15.6. The van der Waals surface area contributed by atoms with Crippen LogP contribution in [0.3, 0.4) is 0 Å². The summed E-state index contributed by atoms with van der Waals surface area (Å²) in [5.41, 5.74) is 2.42. The second-order valence-electron chi connectivity index (χ2n) is 6.36. The fraction of sp³-hybridized carbons (Fsp3) is 0.333. The zero-order chi connectivity index (χ0) is 18.0. The summed E-state index contributed by atoms with van der Waals surface area (Å²) in [6.45, 7) is 8.14. The highest BCUT2D eigenvalue weighted by atomic mass is 32.1. The fourth-order valence-electron chi connectivity index (χ4n) is 2.73. The summed E-state index contributed by atoms with van der Waals surface area (Å²) < 4.78 is 1.97. The van der Waals surface area contributed by atoms with Gasteiger partial charge in [0.25, 0.3) is 5.91 Å². The molecule has 6 nitrogen and oxygen atoms in total. The van der Waals surface area contributed by atoms with E-state index >= 15 is 0 Å². The third-order valence-corrected chi connectivity index (χ3v) is 4.69. The van der Waals surface area contributed by atoms with Crippen LogP contribution in [0.5, 0.6) is 0 Å². The topological polar surface area (TPSA) is 72.7 Å². The Morgan fingerprint density at radius 3 is 2.76 bits per heavy atom. The highest BCUT2D eigenvalue weighted by molar-refractivity contribution is 7.15. The number of carbonyl (C=O) groups excluding carboxylic acids is 1. The van der Waals surface area contributed by atoms with E-state index in [0.717, 1.165) is 28.6 Å². The number of hydrogen-bond acceptors (Lipinski definition) is 5. The number of carbonyl (C=O) groups is 1. The maximum absolute atomic E-state index is 12.7. The van der Waals surface area contributed by atoms with E-state index in [4.69, 9.17) is 0 Å². The number of hydrogen-bond donors (Lipinski definition) is 1. The van der Waals surface area contributed by atoms with Gasteiger partial charge in [0, 0.05) is 24.0 Å². The Hall–Kier alpha value is -2.54. The van der Waals surface area contributed by atoms with Gasteiger partial charge in [-0.1, -0.05) is 31.3 Å². The van der Waals surface area contributed by atoms with Crippen molar-refractivity contribution < 1.29 is 4.79 Å². The van der Waals surface area contributed by atoms with Gasteiger partial charge in [-0.2, -0.15) is 0 Å². The van der Waals surface area contributed by atoms with Gasteiger partial charge in [0.05, 0.1) is 5.56 Å². The number of aromatic nitrogens is 4. The van der Waals surface area contributed by atoms with Crippen molar-refractivity contribution in [3.05, 3.63) is 52.4 Å². The zero-order valence-electron chi connectivity index (χ0n) is 14.8. The molecular weight excluding hydrogens is 334 g/mol. The van der Waals surface area contributed by atoms with Gasteiger partial charge in [-0.05, 0) is 38.0 Å². The lowest BCUT2D eigenvalue weighted by molar-refractivity contribution is 0.102. The van der Waals surface area contributed by atoms with Gasteiger partial charge < -0.3 is 4.57 Å². The van der Waals surface area contributed by atoms with Gasteiger partial charge in [-0.15, -0.1) is 10.2 Å². The van der Waals surface area contributed by atoms with Crippen molar-refractivity contribution in [1.82, 2.24) is 19.7 Å². The maximum atomic E-state index is 12.7. The highest BCUT2D eigenvalue weighted by Crippen LogP contribution is 2.22. The van der Waals surface area contributed by atoms with E-state index in [2.05, 4.69) is 34.3 Å². The van der Waals surface area contributed by atoms with Crippen LogP contribution in [0.4, 0.5) is 5.13 Å². The SMILES string of the molecule is Cc1cc(C(=O)Nc2nnc(CC(C)C)s2)c(C)n1-c1ccccn1. The molecule has 3 aromatic heterocycles. The smallest absolute Gasteiger partial charge is 0.259 e. The van der Waals surface area contributed by atoms with Crippen LogP contribution in [0, 0.1) is 19.8 Å². The van der Waals surface area contributed by atoms with Crippen molar-refractivity contribution in [2.75, 3.05) is 5.32 Å². The van der Waals surface area contributed by atoms with E-state index in [0.29, 0.717) is 16.6 Å². The van der Waals surface area contributed by atoms with Crippen molar-refractivity contribution >= 4 is 22.4 Å². The summed E-state index contributed by atoms with van der Waals surface area (Å²) in [7, 11) is 0. The van der Waals surface area contributed by atoms with E-state index < -0.39 is 0 Å². The average molecular weight is 355 g/mol. The van der Waals surface area contributed by atoms with Crippen LogP contribution in [-0.2, 0) is 6.42 Å². The predicted octanol–water partition coefficient (Wildman–Crippen LogP) is 3.79. The minimum Gasteiger partial charge on any atom is -0.302 e. The number of nitrogens with zero attached hydrogens (tertiary/aromatic N) is 4. The Kier molecular flexibility index (Phi) is 4.94. The first-order valence-electron chi connectivity index (χ1n) is 8.19. The Labute approximate surface area is 150 Å². The quantitative estimate of drug-likeness (QED) is 0.756. The summed E-state index contributed by atoms with van der Waals surface area (Å²) in [6, 6.07) is 7.59. The van der Waals surface area contributed by atoms with E-state index in [1.807, 2.05) is 42.7 Å². The third kappa shape index (κ3) is 3.76. The average Bonchev–Trinajstić information content (AvgIpc) is 3.11. The molecule has 0 saturated carbocycles. The van der Waals surface area contributed by atoms with Crippen LogP contribution in [0.1, 0.15) is 40.6 Å². The molecule has 0 spiro atoms. The Bertz CT molecular complexity index is 882. The van der Waals surface area contributed by atoms with Crippen molar-refractivity contribution in [3.8, 4) is 5.82 Å². The molecular formula is C18H21N5OS. The Morgan fingerprint density at radius 1 is 1.28 bits per heavy atom. The molecule has 0 saturated heterocycles. The van der Waals surface area contributed by atoms with Crippen LogP contribution in [0.25, 0.3) is 5.82 Å². The number of amides is 1. The van der Waals surface area contributed by atoms with Gasteiger partial charge in [0.2, 0.25) is 5.13 Å². The van der Waals surface area contributed by atoms with Crippen LogP contribution in [-0.4, -0.2) is 25.7 Å². The first-order chi connectivity index (χ1) is 12.0. The van der Waals surface area contributed by atoms with Crippen molar-refractivity contribution in [2.45, 2.75) is 34.1 Å². The monoisotopic (exact) mass is 355 g/mol. The largest absolute Gasteiger partial charge is 0.302 e. The molecule has 0 bridgehead atoms. The second kappa shape index (κ2) is 7.14. The molecule has 0 aliphatic heterocycles. The molecule has 0 fully saturated rings. The van der Waals surface area contributed by atoms with Gasteiger partial charge in [0.15, 0.2) is 0 Å². The first kappa shape index (κ1) is 17.3. The van der Waals surface area contributed by atoms with E-state index in [9.17, 15) is 4.79 Å². The number of aryl methyl sites for hydroxylation is 1. The first-order valence-corrected chi connectivity index (χ1v) is 9.01. The minimum absolute atomic E-state index is 0.178. The van der Waals surface area contributed by atoms with E-state index in [-0.39, 0.29) is 5.91 Å². The molecule has 0 atom stereocenters. The molecule has 0 aromatic carbocycles. The second-order valence-corrected chi connectivity index (χ2v) is 7.42. The number of anilines is 1. The van der Waals surface area contributed by atoms with Crippen LogP contribution >= 0.6 is 11.3 Å². The molecule has 0 unspecified atom stereocenters. The molecule has 25 heavy (non-hydrogen) atoms. The summed E-state index contributed by atoms with van der Waals surface area (Å²) in [5.74, 6) is 1.13. The van der Waals surface area contributed by atoms with Crippen molar-refractivity contribution in [3.63, 3.8) is 0 Å². The summed E-state index contributed by atoms with van der Waals surface area (Å²) >= 11 is 1.42. The summed E-state index contributed by atoms with van der Waals surface area (Å²) in [6.07, 6.45) is 2.60. The molecule has 3 rings (SSSR count). The van der Waals surface area contributed by atoms with Crippen LogP contribution < -0.4 is 5.32 Å². The molecule has 1 amide bonds. The van der Waals surface area contributed by atoms with Gasteiger partial charge >= 0.3 is 0 Å². The van der Waals surface area contributed by atoms with Crippen LogP contribution in [0.2, 0.25) is 0 Å². The molecule has 3 aromatic rings. The molecule has 0 aliphatic carbocycles. The third-order valence-electron chi connectivity index (χ3n) is 3.82. The molecule has 0 aliphatic rings. The summed E-state index contributed by atoms with van der Waals surface area (Å²) in [5, 5.41) is 12.5. The lowest BCUT2D eigenvalue weighted by atomic mass is 10.1. The lowest BCUT2D eigenvalue weighted by Gasteiger charge is -2.08. The van der Waals surface area contributed by atoms with Gasteiger partial charge in [0.1, 0.15) is 10.8 Å². The Morgan fingerprint density at radius 2 is 2.08 bits per heavy atom. The lowest BCUT2D eigenvalue weighted by Crippen LogP contribution is -2.13. The fourth-order valence-corrected chi connectivity index (χ4v) is 3.68. The summed E-state index contributed by atoms with van der Waals surface area (Å²) in [4.78, 5) is 17.0. The number of pyridine rings is 1.